The highest BCUT2D eigenvalue weighted by Crippen LogP contribution is 2.26. The molecule has 0 amide bonds. The third-order valence-corrected chi connectivity index (χ3v) is 3.94. The van der Waals surface area contributed by atoms with Crippen molar-refractivity contribution >= 4 is 11.6 Å². The molecule has 0 aliphatic rings. The Balaban J connectivity index is 2.32. The average molecular weight is 297 g/mol. The van der Waals surface area contributed by atoms with Crippen molar-refractivity contribution in [3.05, 3.63) is 34.6 Å². The molecule has 2 aromatic heterocycles. The maximum atomic E-state index is 6.44. The van der Waals surface area contributed by atoms with E-state index in [0.29, 0.717) is 6.42 Å². The van der Waals surface area contributed by atoms with Gasteiger partial charge in [0.15, 0.2) is 0 Å². The van der Waals surface area contributed by atoms with Crippen molar-refractivity contribution in [1.82, 2.24) is 24.8 Å². The van der Waals surface area contributed by atoms with Crippen molar-refractivity contribution < 1.29 is 0 Å². The summed E-state index contributed by atoms with van der Waals surface area (Å²) in [4.78, 5) is 4.13. The van der Waals surface area contributed by atoms with Crippen molar-refractivity contribution in [2.75, 3.05) is 0 Å². The summed E-state index contributed by atoms with van der Waals surface area (Å²) >= 11 is 6.44. The highest BCUT2D eigenvalue weighted by Gasteiger charge is 2.21. The number of nitrogens with two attached hydrogens (primary N) is 1. The Morgan fingerprint density at radius 2 is 2.20 bits per heavy atom. The molecule has 2 aromatic rings. The molecule has 2 rings (SSSR count). The zero-order chi connectivity index (χ0) is 14.7. The van der Waals surface area contributed by atoms with Gasteiger partial charge in [-0.25, -0.2) is 4.98 Å². The molecule has 20 heavy (non-hydrogen) atoms. The monoisotopic (exact) mass is 296 g/mol. The Kier molecular flexibility index (Phi) is 4.80. The number of imidazole rings is 1. The van der Waals surface area contributed by atoms with Gasteiger partial charge in [0.25, 0.3) is 0 Å². The number of nitrogens with one attached hydrogen (secondary N) is 1. The maximum absolute atomic E-state index is 6.44. The number of aryl methyl sites for hydroxylation is 3. The second-order valence-corrected chi connectivity index (χ2v) is 5.11. The average Bonchev–Trinajstić information content (AvgIpc) is 3.00. The normalized spacial score (nSPS) is 12.8. The zero-order valence-electron chi connectivity index (χ0n) is 12.1. The fraction of sp³-hybridized carbons (Fsp3) is 0.538. The summed E-state index contributed by atoms with van der Waals surface area (Å²) in [5.41, 5.74) is 5.80. The molecule has 0 spiro atoms. The highest BCUT2D eigenvalue weighted by atomic mass is 35.5. The van der Waals surface area contributed by atoms with Gasteiger partial charge in [-0.2, -0.15) is 5.10 Å². The number of aromatic nitrogens is 4. The molecule has 0 bridgehead atoms. The van der Waals surface area contributed by atoms with Crippen LogP contribution in [0.5, 0.6) is 0 Å². The van der Waals surface area contributed by atoms with Crippen LogP contribution in [0.2, 0.25) is 5.02 Å². The molecule has 110 valence electrons. The summed E-state index contributed by atoms with van der Waals surface area (Å²) < 4.78 is 3.90. The van der Waals surface area contributed by atoms with Crippen LogP contribution in [-0.2, 0) is 26.4 Å². The lowest BCUT2D eigenvalue weighted by atomic mass is 10.1. The molecule has 3 N–H and O–H groups in total. The van der Waals surface area contributed by atoms with E-state index in [1.807, 2.05) is 22.5 Å². The molecule has 0 aliphatic heterocycles. The molecule has 1 unspecified atom stereocenters. The second kappa shape index (κ2) is 6.39. The Morgan fingerprint density at radius 1 is 1.45 bits per heavy atom. The highest BCUT2D eigenvalue weighted by molar-refractivity contribution is 6.31. The van der Waals surface area contributed by atoms with Crippen LogP contribution in [0.1, 0.15) is 37.0 Å². The number of halogens is 1. The predicted molar refractivity (Wildman–Crippen MR) is 79.3 cm³/mol. The molecule has 0 saturated heterocycles. The fourth-order valence-electron chi connectivity index (χ4n) is 2.36. The first-order chi connectivity index (χ1) is 9.62. The van der Waals surface area contributed by atoms with Gasteiger partial charge in [-0.05, 0) is 13.3 Å². The Labute approximate surface area is 123 Å². The SMILES string of the molecule is CCc1nn(CC)c(CC(NN)c2cncn2C)c1Cl. The van der Waals surface area contributed by atoms with Crippen molar-refractivity contribution in [1.29, 1.82) is 0 Å². The topological polar surface area (TPSA) is 73.7 Å². The van der Waals surface area contributed by atoms with Gasteiger partial charge in [0.1, 0.15) is 0 Å². The molecule has 1 atom stereocenters. The van der Waals surface area contributed by atoms with E-state index >= 15 is 0 Å². The van der Waals surface area contributed by atoms with E-state index in [9.17, 15) is 0 Å². The van der Waals surface area contributed by atoms with E-state index in [2.05, 4.69) is 29.4 Å². The van der Waals surface area contributed by atoms with Crippen LogP contribution in [0.15, 0.2) is 12.5 Å². The van der Waals surface area contributed by atoms with Gasteiger partial charge < -0.3 is 4.57 Å². The minimum Gasteiger partial charge on any atom is -0.336 e. The maximum Gasteiger partial charge on any atom is 0.0946 e. The van der Waals surface area contributed by atoms with Crippen LogP contribution >= 0.6 is 11.6 Å². The molecule has 7 heteroatoms. The first-order valence-electron chi connectivity index (χ1n) is 6.78. The quantitative estimate of drug-likeness (QED) is 0.627. The molecular formula is C13H21ClN6. The van der Waals surface area contributed by atoms with E-state index in [1.165, 1.54) is 0 Å². The summed E-state index contributed by atoms with van der Waals surface area (Å²) in [6.45, 7) is 4.90. The summed E-state index contributed by atoms with van der Waals surface area (Å²) in [6.07, 6.45) is 5.07. The Morgan fingerprint density at radius 3 is 2.70 bits per heavy atom. The van der Waals surface area contributed by atoms with Crippen molar-refractivity contribution in [2.45, 2.75) is 39.3 Å². The zero-order valence-corrected chi connectivity index (χ0v) is 12.9. The number of hydrazine groups is 1. The largest absolute Gasteiger partial charge is 0.336 e. The number of hydrogen-bond acceptors (Lipinski definition) is 4. The van der Waals surface area contributed by atoms with Crippen LogP contribution < -0.4 is 11.3 Å². The minimum atomic E-state index is -0.0493. The Bertz CT molecular complexity index is 573. The standard InChI is InChI=1S/C13H21ClN6/c1-4-9-13(14)11(20(5-2)18-9)6-10(17-15)12-7-16-8-19(12)3/h7-8,10,17H,4-6,15H2,1-3H3. The van der Waals surface area contributed by atoms with Gasteiger partial charge in [-0.3, -0.25) is 16.0 Å². The van der Waals surface area contributed by atoms with E-state index in [0.717, 1.165) is 35.1 Å². The summed E-state index contributed by atoms with van der Waals surface area (Å²) in [5.74, 6) is 5.70. The van der Waals surface area contributed by atoms with Gasteiger partial charge in [-0.15, -0.1) is 0 Å². The first kappa shape index (κ1) is 15.0. The van der Waals surface area contributed by atoms with Gasteiger partial charge in [0.05, 0.1) is 34.5 Å². The summed E-state index contributed by atoms with van der Waals surface area (Å²) in [7, 11) is 1.95. The third kappa shape index (κ3) is 2.72. The predicted octanol–water partition coefficient (Wildman–Crippen LogP) is 1.60. The second-order valence-electron chi connectivity index (χ2n) is 4.73. The molecule has 6 nitrogen and oxygen atoms in total. The number of hydrogen-bond donors (Lipinski definition) is 2. The van der Waals surface area contributed by atoms with Crippen LogP contribution in [0.25, 0.3) is 0 Å². The van der Waals surface area contributed by atoms with Crippen LogP contribution in [0, 0.1) is 0 Å². The molecule has 0 saturated carbocycles. The molecule has 0 aromatic carbocycles. The van der Waals surface area contributed by atoms with Gasteiger partial charge in [0.2, 0.25) is 0 Å². The van der Waals surface area contributed by atoms with Crippen molar-refractivity contribution in [2.24, 2.45) is 12.9 Å². The molecule has 0 aliphatic carbocycles. The van der Waals surface area contributed by atoms with Gasteiger partial charge in [-0.1, -0.05) is 18.5 Å². The van der Waals surface area contributed by atoms with Crippen molar-refractivity contribution in [3.63, 3.8) is 0 Å². The molecular weight excluding hydrogens is 276 g/mol. The third-order valence-electron chi connectivity index (χ3n) is 3.50. The van der Waals surface area contributed by atoms with Crippen LogP contribution in [-0.4, -0.2) is 19.3 Å². The lowest BCUT2D eigenvalue weighted by molar-refractivity contribution is 0.495. The summed E-state index contributed by atoms with van der Waals surface area (Å²) in [5, 5.41) is 5.28. The number of rotatable bonds is 6. The van der Waals surface area contributed by atoms with Crippen LogP contribution in [0.4, 0.5) is 0 Å². The minimum absolute atomic E-state index is 0.0493. The van der Waals surface area contributed by atoms with E-state index in [4.69, 9.17) is 17.4 Å². The van der Waals surface area contributed by atoms with E-state index in [-0.39, 0.29) is 6.04 Å². The van der Waals surface area contributed by atoms with E-state index in [1.54, 1.807) is 6.33 Å². The Hall–Kier alpha value is -1.37. The lowest BCUT2D eigenvalue weighted by Crippen LogP contribution is -2.31. The van der Waals surface area contributed by atoms with Crippen molar-refractivity contribution in [3.8, 4) is 0 Å². The van der Waals surface area contributed by atoms with E-state index < -0.39 is 0 Å². The first-order valence-corrected chi connectivity index (χ1v) is 7.16. The molecule has 2 heterocycles. The number of nitrogens with zero attached hydrogens (tertiary/aromatic N) is 4. The summed E-state index contributed by atoms with van der Waals surface area (Å²) in [6, 6.07) is -0.0493. The van der Waals surface area contributed by atoms with Gasteiger partial charge in [0, 0.05) is 26.2 Å². The smallest absolute Gasteiger partial charge is 0.0946 e. The molecule has 0 radical (unpaired) electrons. The molecule has 0 fully saturated rings. The van der Waals surface area contributed by atoms with Crippen LogP contribution in [0.3, 0.4) is 0 Å². The fourth-order valence-corrected chi connectivity index (χ4v) is 2.70. The van der Waals surface area contributed by atoms with Gasteiger partial charge >= 0.3 is 0 Å². The lowest BCUT2D eigenvalue weighted by Gasteiger charge is -2.17.